The molecule has 0 unspecified atom stereocenters. The van der Waals surface area contributed by atoms with Crippen molar-refractivity contribution in [2.75, 3.05) is 38.0 Å². The van der Waals surface area contributed by atoms with Gasteiger partial charge < -0.3 is 5.32 Å². The molecule has 1 saturated heterocycles. The van der Waals surface area contributed by atoms with Crippen LogP contribution in [-0.2, 0) is 11.3 Å². The molecule has 0 saturated carbocycles. The Morgan fingerprint density at radius 1 is 1.00 bits per heavy atom. The second-order valence-corrected chi connectivity index (χ2v) is 7.94. The van der Waals surface area contributed by atoms with Crippen molar-refractivity contribution in [2.45, 2.75) is 6.54 Å². The molecule has 2 aromatic rings. The van der Waals surface area contributed by atoms with Gasteiger partial charge in [0.15, 0.2) is 0 Å². The molecule has 0 atom stereocenters. The third-order valence-electron chi connectivity index (χ3n) is 4.71. The molecule has 0 spiro atoms. The summed E-state index contributed by atoms with van der Waals surface area (Å²) in [5.74, 6) is -0.269. The number of nitro benzene ring substituents is 1. The van der Waals surface area contributed by atoms with Crippen LogP contribution in [0, 0.1) is 10.1 Å². The predicted molar refractivity (Wildman–Crippen MR) is 115 cm³/mol. The molecule has 1 amide bonds. The third kappa shape index (κ3) is 5.81. The van der Waals surface area contributed by atoms with Crippen LogP contribution in [-0.4, -0.2) is 53.4 Å². The van der Waals surface area contributed by atoms with Crippen molar-refractivity contribution in [1.29, 1.82) is 0 Å². The zero-order valence-corrected chi connectivity index (χ0v) is 17.7. The molecule has 1 aliphatic rings. The number of anilines is 1. The molecule has 0 aromatic heterocycles. The maximum atomic E-state index is 12.3. The number of non-ortho nitro benzene ring substituents is 1. The Morgan fingerprint density at radius 3 is 2.24 bits per heavy atom. The first-order chi connectivity index (χ1) is 13.8. The van der Waals surface area contributed by atoms with Crippen molar-refractivity contribution in [3.8, 4) is 0 Å². The number of carbonyl (C=O) groups excluding carboxylic acids is 1. The standard InChI is InChI=1S/C19H19Cl3N4O3/c20-15-2-1-3-16(21)14(15)11-24-6-8-25(9-7-24)12-19(27)23-18-10-13(26(28)29)4-5-17(18)22/h1-5,10H,6-9,11-12H2,(H,23,27). The Labute approximate surface area is 183 Å². The summed E-state index contributed by atoms with van der Waals surface area (Å²) in [6.07, 6.45) is 0. The first-order valence-electron chi connectivity index (χ1n) is 8.95. The van der Waals surface area contributed by atoms with Crippen LogP contribution < -0.4 is 5.32 Å². The smallest absolute Gasteiger partial charge is 0.271 e. The lowest BCUT2D eigenvalue weighted by molar-refractivity contribution is -0.384. The van der Waals surface area contributed by atoms with E-state index in [1.54, 1.807) is 0 Å². The average molecular weight is 458 g/mol. The lowest BCUT2D eigenvalue weighted by Gasteiger charge is -2.34. The summed E-state index contributed by atoms with van der Waals surface area (Å²) < 4.78 is 0. The van der Waals surface area contributed by atoms with Crippen LogP contribution in [0.1, 0.15) is 5.56 Å². The van der Waals surface area contributed by atoms with E-state index in [9.17, 15) is 14.9 Å². The van der Waals surface area contributed by atoms with Crippen LogP contribution in [0.5, 0.6) is 0 Å². The van der Waals surface area contributed by atoms with Gasteiger partial charge >= 0.3 is 0 Å². The van der Waals surface area contributed by atoms with Gasteiger partial charge in [-0.1, -0.05) is 40.9 Å². The number of halogens is 3. The number of amides is 1. The van der Waals surface area contributed by atoms with E-state index in [4.69, 9.17) is 34.8 Å². The minimum absolute atomic E-state index is 0.128. The van der Waals surface area contributed by atoms with E-state index >= 15 is 0 Å². The number of rotatable bonds is 6. The second-order valence-electron chi connectivity index (χ2n) is 6.72. The van der Waals surface area contributed by atoms with Crippen molar-refractivity contribution in [3.05, 3.63) is 67.1 Å². The normalized spacial score (nSPS) is 15.3. The molecule has 1 N–H and O–H groups in total. The molecule has 1 heterocycles. The second kappa shape index (κ2) is 9.73. The Balaban J connectivity index is 1.51. The number of nitro groups is 1. The molecular weight excluding hydrogens is 439 g/mol. The number of hydrogen-bond acceptors (Lipinski definition) is 5. The maximum Gasteiger partial charge on any atom is 0.271 e. The van der Waals surface area contributed by atoms with Gasteiger partial charge in [-0.05, 0) is 18.2 Å². The highest BCUT2D eigenvalue weighted by atomic mass is 35.5. The lowest BCUT2D eigenvalue weighted by atomic mass is 10.2. The minimum atomic E-state index is -0.531. The number of hydrogen-bond donors (Lipinski definition) is 1. The fourth-order valence-corrected chi connectivity index (χ4v) is 3.81. The van der Waals surface area contributed by atoms with Crippen molar-refractivity contribution < 1.29 is 9.72 Å². The first-order valence-corrected chi connectivity index (χ1v) is 10.1. The zero-order valence-electron chi connectivity index (χ0n) is 15.4. The Kier molecular flexibility index (Phi) is 7.32. The van der Waals surface area contributed by atoms with Crippen LogP contribution in [0.4, 0.5) is 11.4 Å². The molecule has 7 nitrogen and oxygen atoms in total. The van der Waals surface area contributed by atoms with Crippen LogP contribution in [0.25, 0.3) is 0 Å². The van der Waals surface area contributed by atoms with E-state index < -0.39 is 4.92 Å². The van der Waals surface area contributed by atoms with Crippen LogP contribution >= 0.6 is 34.8 Å². The van der Waals surface area contributed by atoms with Crippen molar-refractivity contribution in [2.24, 2.45) is 0 Å². The van der Waals surface area contributed by atoms with Gasteiger partial charge in [0, 0.05) is 60.5 Å². The molecule has 2 aromatic carbocycles. The van der Waals surface area contributed by atoms with E-state index in [0.717, 1.165) is 18.7 Å². The fraction of sp³-hybridized carbons (Fsp3) is 0.316. The van der Waals surface area contributed by atoms with Gasteiger partial charge in [-0.15, -0.1) is 0 Å². The Hall–Kier alpha value is -1.90. The highest BCUT2D eigenvalue weighted by molar-refractivity contribution is 6.36. The Bertz CT molecular complexity index is 897. The van der Waals surface area contributed by atoms with Crippen LogP contribution in [0.2, 0.25) is 15.1 Å². The molecule has 1 fully saturated rings. The molecule has 0 aliphatic carbocycles. The summed E-state index contributed by atoms with van der Waals surface area (Å²) in [6, 6.07) is 9.41. The van der Waals surface area contributed by atoms with Crippen LogP contribution in [0.15, 0.2) is 36.4 Å². The number of nitrogens with one attached hydrogen (secondary N) is 1. The molecule has 1 aliphatic heterocycles. The zero-order chi connectivity index (χ0) is 21.0. The van der Waals surface area contributed by atoms with Gasteiger partial charge in [0.25, 0.3) is 5.69 Å². The quantitative estimate of drug-likeness (QED) is 0.516. The van der Waals surface area contributed by atoms with Crippen LogP contribution in [0.3, 0.4) is 0 Å². The van der Waals surface area contributed by atoms with Crippen molar-refractivity contribution in [1.82, 2.24) is 9.80 Å². The fourth-order valence-electron chi connectivity index (χ4n) is 3.13. The van der Waals surface area contributed by atoms with E-state index in [2.05, 4.69) is 10.2 Å². The summed E-state index contributed by atoms with van der Waals surface area (Å²) >= 11 is 18.5. The van der Waals surface area contributed by atoms with E-state index in [0.29, 0.717) is 29.7 Å². The number of piperazine rings is 1. The van der Waals surface area contributed by atoms with E-state index in [-0.39, 0.29) is 28.8 Å². The molecule has 154 valence electrons. The average Bonchev–Trinajstić information content (AvgIpc) is 2.67. The topological polar surface area (TPSA) is 78.7 Å². The number of nitrogens with zero attached hydrogens (tertiary/aromatic N) is 3. The molecule has 0 bridgehead atoms. The van der Waals surface area contributed by atoms with E-state index in [1.807, 2.05) is 23.1 Å². The van der Waals surface area contributed by atoms with E-state index in [1.165, 1.54) is 18.2 Å². The van der Waals surface area contributed by atoms with Gasteiger partial charge in [0.1, 0.15) is 0 Å². The van der Waals surface area contributed by atoms with Gasteiger partial charge in [-0.2, -0.15) is 0 Å². The molecule has 3 rings (SSSR count). The summed E-state index contributed by atoms with van der Waals surface area (Å²) in [7, 11) is 0. The largest absolute Gasteiger partial charge is 0.323 e. The van der Waals surface area contributed by atoms with Gasteiger partial charge in [0.05, 0.1) is 22.2 Å². The SMILES string of the molecule is O=C(CN1CCN(Cc2c(Cl)cccc2Cl)CC1)Nc1cc([N+](=O)[O-])ccc1Cl. The summed E-state index contributed by atoms with van der Waals surface area (Å²) in [6.45, 7) is 3.79. The molecule has 29 heavy (non-hydrogen) atoms. The summed E-state index contributed by atoms with van der Waals surface area (Å²) in [5.41, 5.74) is 1.01. The summed E-state index contributed by atoms with van der Waals surface area (Å²) in [5, 5.41) is 15.1. The highest BCUT2D eigenvalue weighted by Crippen LogP contribution is 2.27. The van der Waals surface area contributed by atoms with Crippen molar-refractivity contribution in [3.63, 3.8) is 0 Å². The van der Waals surface area contributed by atoms with Crippen molar-refractivity contribution >= 4 is 52.1 Å². The first kappa shape index (κ1) is 21.8. The molecule has 0 radical (unpaired) electrons. The molecule has 10 heteroatoms. The monoisotopic (exact) mass is 456 g/mol. The number of carbonyl (C=O) groups is 1. The van der Waals surface area contributed by atoms with Gasteiger partial charge in [0.2, 0.25) is 5.91 Å². The Morgan fingerprint density at radius 2 is 1.62 bits per heavy atom. The molecular formula is C19H19Cl3N4O3. The van der Waals surface area contributed by atoms with Gasteiger partial charge in [-0.3, -0.25) is 24.7 Å². The lowest BCUT2D eigenvalue weighted by Crippen LogP contribution is -2.48. The third-order valence-corrected chi connectivity index (χ3v) is 5.75. The highest BCUT2D eigenvalue weighted by Gasteiger charge is 2.21. The summed E-state index contributed by atoms with van der Waals surface area (Å²) in [4.78, 5) is 27.0. The minimum Gasteiger partial charge on any atom is -0.323 e. The predicted octanol–water partition coefficient (Wildman–Crippen LogP) is 4.31. The van der Waals surface area contributed by atoms with Gasteiger partial charge in [-0.25, -0.2) is 0 Å². The maximum absolute atomic E-state index is 12.3. The number of benzene rings is 2.